The van der Waals surface area contributed by atoms with Crippen LogP contribution in [0.2, 0.25) is 0 Å². The minimum Gasteiger partial charge on any atom is -0.481 e. The van der Waals surface area contributed by atoms with Gasteiger partial charge in [0.2, 0.25) is 17.7 Å². The van der Waals surface area contributed by atoms with Crippen molar-refractivity contribution in [1.82, 2.24) is 10.6 Å². The van der Waals surface area contributed by atoms with Crippen LogP contribution in [0.25, 0.3) is 10.4 Å². The maximum absolute atomic E-state index is 12.6. The average molecular weight is 519 g/mol. The van der Waals surface area contributed by atoms with E-state index in [1.807, 2.05) is 0 Å². The van der Waals surface area contributed by atoms with Gasteiger partial charge in [0.25, 0.3) is 0 Å². The molecule has 0 aromatic carbocycles. The molecular weight excluding hydrogens is 484 g/mol. The second kappa shape index (κ2) is 15.2. The molecule has 1 rings (SSSR count). The lowest BCUT2D eigenvalue weighted by Crippen LogP contribution is -2.58. The molecule has 1 fully saturated rings. The van der Waals surface area contributed by atoms with Crippen LogP contribution < -0.4 is 16.4 Å². The summed E-state index contributed by atoms with van der Waals surface area (Å²) in [6, 6.07) is -2.36. The molecule has 0 saturated carbocycles. The summed E-state index contributed by atoms with van der Waals surface area (Å²) in [5, 5.41) is 36.9. The summed E-state index contributed by atoms with van der Waals surface area (Å²) in [5.74, 6) is -4.17. The first-order chi connectivity index (χ1) is 16.9. The van der Waals surface area contributed by atoms with E-state index < -0.39 is 85.4 Å². The summed E-state index contributed by atoms with van der Waals surface area (Å²) in [4.78, 5) is 49.8. The Bertz CT molecular complexity index is 823. The number of nitrogens with one attached hydrogen (secondary N) is 2. The fourth-order valence-electron chi connectivity index (χ4n) is 3.40. The molecule has 16 nitrogen and oxygen atoms in total. The summed E-state index contributed by atoms with van der Waals surface area (Å²) in [6.07, 6.45) is -6.07. The molecule has 0 aromatic heterocycles. The summed E-state index contributed by atoms with van der Waals surface area (Å²) < 4.78 is 16.8. The normalized spacial score (nSPS) is 26.1. The van der Waals surface area contributed by atoms with Crippen molar-refractivity contribution in [2.24, 2.45) is 16.8 Å². The number of carbonyl (C=O) groups is 4. The molecule has 1 saturated heterocycles. The van der Waals surface area contributed by atoms with Crippen molar-refractivity contribution >= 4 is 23.7 Å². The second-order valence-corrected chi connectivity index (χ2v) is 8.27. The van der Waals surface area contributed by atoms with E-state index in [-0.39, 0.29) is 19.6 Å². The zero-order chi connectivity index (χ0) is 27.4. The van der Waals surface area contributed by atoms with Gasteiger partial charge < -0.3 is 45.9 Å². The zero-order valence-corrected chi connectivity index (χ0v) is 20.3. The molecular formula is C20H34N6O10. The highest BCUT2D eigenvalue weighted by Gasteiger charge is 2.45. The Morgan fingerprint density at radius 2 is 1.89 bits per heavy atom. The quantitative estimate of drug-likeness (QED) is 0.0609. The van der Waals surface area contributed by atoms with E-state index in [9.17, 15) is 29.4 Å². The van der Waals surface area contributed by atoms with Crippen LogP contribution >= 0.6 is 0 Å². The minimum atomic E-state index is -1.30. The van der Waals surface area contributed by atoms with E-state index in [0.717, 1.165) is 0 Å². The molecule has 16 heteroatoms. The van der Waals surface area contributed by atoms with E-state index in [4.69, 9.17) is 30.6 Å². The zero-order valence-electron chi connectivity index (χ0n) is 20.3. The lowest BCUT2D eigenvalue weighted by molar-refractivity contribution is -0.292. The van der Waals surface area contributed by atoms with Crippen LogP contribution in [0.3, 0.4) is 0 Å². The summed E-state index contributed by atoms with van der Waals surface area (Å²) in [5.41, 5.74) is 13.5. The molecule has 1 aliphatic rings. The highest BCUT2D eigenvalue weighted by atomic mass is 16.7. The predicted molar refractivity (Wildman–Crippen MR) is 121 cm³/mol. The van der Waals surface area contributed by atoms with E-state index in [1.165, 1.54) is 13.8 Å². The number of hydrogen-bond donors (Lipinski definition) is 6. The van der Waals surface area contributed by atoms with Gasteiger partial charge in [0.1, 0.15) is 30.4 Å². The molecule has 8 atom stereocenters. The van der Waals surface area contributed by atoms with Crippen LogP contribution in [0.15, 0.2) is 5.11 Å². The maximum Gasteiger partial charge on any atom is 0.303 e. The Balaban J connectivity index is 2.75. The predicted octanol–water partition coefficient (Wildman–Crippen LogP) is -1.86. The summed E-state index contributed by atoms with van der Waals surface area (Å²) >= 11 is 0. The van der Waals surface area contributed by atoms with Crippen molar-refractivity contribution in [2.45, 2.75) is 76.4 Å². The third-order valence-corrected chi connectivity index (χ3v) is 5.48. The molecule has 0 bridgehead atoms. The Hall–Kier alpha value is -3.01. The molecule has 0 spiro atoms. The number of aliphatic carboxylic acids is 1. The number of carboxylic acids is 1. The van der Waals surface area contributed by atoms with Crippen molar-refractivity contribution in [3.8, 4) is 0 Å². The number of rotatable bonds is 15. The van der Waals surface area contributed by atoms with Crippen molar-refractivity contribution in [2.75, 3.05) is 19.8 Å². The number of azide groups is 1. The van der Waals surface area contributed by atoms with Gasteiger partial charge in [-0.15, -0.1) is 0 Å². The van der Waals surface area contributed by atoms with Gasteiger partial charge in [-0.2, -0.15) is 0 Å². The fraction of sp³-hybridized carbons (Fsp3) is 0.800. The van der Waals surface area contributed by atoms with Gasteiger partial charge in [0.15, 0.2) is 6.29 Å². The van der Waals surface area contributed by atoms with Gasteiger partial charge in [0.05, 0.1) is 19.3 Å². The van der Waals surface area contributed by atoms with E-state index in [1.54, 1.807) is 6.92 Å². The van der Waals surface area contributed by atoms with E-state index in [0.29, 0.717) is 0 Å². The van der Waals surface area contributed by atoms with Crippen LogP contribution in [0.1, 0.15) is 33.6 Å². The van der Waals surface area contributed by atoms with Crippen LogP contribution in [0, 0.1) is 5.92 Å². The molecule has 204 valence electrons. The molecule has 3 amide bonds. The van der Waals surface area contributed by atoms with Gasteiger partial charge in [-0.05, 0) is 25.8 Å². The number of ether oxygens (including phenoxy) is 3. The molecule has 1 heterocycles. The lowest BCUT2D eigenvalue weighted by Gasteiger charge is -2.43. The highest BCUT2D eigenvalue weighted by molar-refractivity contribution is 5.92. The Kier molecular flexibility index (Phi) is 13.1. The van der Waals surface area contributed by atoms with Gasteiger partial charge in [-0.1, -0.05) is 12.0 Å². The highest BCUT2D eigenvalue weighted by Crippen LogP contribution is 2.29. The number of nitrogens with zero attached hydrogens (tertiary/aromatic N) is 3. The SMILES string of the molecule is C[C@H](NC(=O)[C@@H](C)O[C@H]1C(O)C(CO)OC(OCCN=[N+]=[N-])[C@H]1C)C(=O)N[C@H](CCC(=O)O)C(N)=O. The van der Waals surface area contributed by atoms with Crippen molar-refractivity contribution < 1.29 is 48.7 Å². The topological polar surface area (TPSA) is 256 Å². The average Bonchev–Trinajstić information content (AvgIpc) is 2.82. The van der Waals surface area contributed by atoms with Crippen LogP contribution in [0.5, 0.6) is 0 Å². The third-order valence-electron chi connectivity index (χ3n) is 5.48. The summed E-state index contributed by atoms with van der Waals surface area (Å²) in [6.45, 7) is 3.87. The first kappa shape index (κ1) is 31.0. The fourth-order valence-corrected chi connectivity index (χ4v) is 3.40. The Morgan fingerprint density at radius 3 is 2.44 bits per heavy atom. The minimum absolute atomic E-state index is 0.0153. The first-order valence-corrected chi connectivity index (χ1v) is 11.3. The number of nitrogens with two attached hydrogens (primary N) is 1. The molecule has 1 aliphatic heterocycles. The number of aliphatic hydroxyl groups excluding tert-OH is 2. The standard InChI is InChI=1S/C20H34N6O10/c1-9-16(15(30)13(8-27)36-20(9)34-7-6-23-26-22)35-11(3)19(33)24-10(2)18(32)25-12(17(21)31)4-5-14(28)29/h9-13,15-16,20,27,30H,4-8H2,1-3H3,(H2,21,31)(H,24,33)(H,25,32)(H,28,29)/t9-,10-,11+,12+,13?,15?,16+,20?/m0/s1. The van der Waals surface area contributed by atoms with Crippen molar-refractivity contribution in [3.63, 3.8) is 0 Å². The Labute approximate surface area is 207 Å². The summed E-state index contributed by atoms with van der Waals surface area (Å²) in [7, 11) is 0. The van der Waals surface area contributed by atoms with E-state index >= 15 is 0 Å². The molecule has 0 aromatic rings. The monoisotopic (exact) mass is 518 g/mol. The first-order valence-electron chi connectivity index (χ1n) is 11.3. The molecule has 3 unspecified atom stereocenters. The van der Waals surface area contributed by atoms with Crippen molar-refractivity contribution in [3.05, 3.63) is 10.4 Å². The van der Waals surface area contributed by atoms with Gasteiger partial charge in [-0.25, -0.2) is 0 Å². The molecule has 7 N–H and O–H groups in total. The number of amides is 3. The number of carboxylic acid groups (broad SMARTS) is 1. The van der Waals surface area contributed by atoms with Gasteiger partial charge in [-0.3, -0.25) is 19.2 Å². The smallest absolute Gasteiger partial charge is 0.303 e. The maximum atomic E-state index is 12.6. The van der Waals surface area contributed by atoms with Gasteiger partial charge >= 0.3 is 5.97 Å². The lowest BCUT2D eigenvalue weighted by atomic mass is 9.92. The van der Waals surface area contributed by atoms with Crippen molar-refractivity contribution in [1.29, 1.82) is 0 Å². The number of primary amides is 1. The molecule has 0 aliphatic carbocycles. The van der Waals surface area contributed by atoms with Crippen LogP contribution in [-0.4, -0.2) is 102 Å². The largest absolute Gasteiger partial charge is 0.481 e. The number of hydrogen-bond acceptors (Lipinski definition) is 10. The van der Waals surface area contributed by atoms with Crippen LogP contribution in [-0.2, 0) is 33.4 Å². The molecule has 0 radical (unpaired) electrons. The van der Waals surface area contributed by atoms with E-state index in [2.05, 4.69) is 20.7 Å². The number of carbonyl (C=O) groups excluding carboxylic acids is 3. The van der Waals surface area contributed by atoms with Gasteiger partial charge in [0, 0.05) is 23.8 Å². The Morgan fingerprint density at radius 1 is 1.22 bits per heavy atom. The third kappa shape index (κ3) is 9.56. The molecule has 36 heavy (non-hydrogen) atoms. The second-order valence-electron chi connectivity index (χ2n) is 8.27. The van der Waals surface area contributed by atoms with Crippen LogP contribution in [0.4, 0.5) is 0 Å². The number of aliphatic hydroxyl groups is 2.